The number of aliphatic hydroxyl groups excluding tert-OH is 5. The maximum Gasteiger partial charge on any atom is 0.472 e. The molecule has 2 fully saturated rings. The van der Waals surface area contributed by atoms with Crippen LogP contribution in [0.5, 0.6) is 0 Å². The SMILES string of the molecule is CC/C=C\C/C=C\C/C=C\C/C=C\C/C=C\C/C=C\CCC(=O)O[C@H](COC(=O)CCCCCCC/C=C\CC1OC1CCCCC)COP(=O)(O)OC1[C@H](O)[C@H](O)C(O)[C@H](O)[C@H]1O. The minimum absolute atomic E-state index is 0.0389. The number of unbranched alkanes of at least 4 members (excludes halogenated alkanes) is 7. The average Bonchev–Trinajstić information content (AvgIpc) is 4.03. The molecule has 0 radical (unpaired) electrons. The van der Waals surface area contributed by atoms with Crippen molar-refractivity contribution in [1.29, 1.82) is 0 Å². The van der Waals surface area contributed by atoms with Crippen molar-refractivity contribution >= 4 is 19.8 Å². The molecule has 1 aliphatic heterocycles. The van der Waals surface area contributed by atoms with Gasteiger partial charge in [-0.3, -0.25) is 18.6 Å². The molecule has 6 N–H and O–H groups in total. The molecule has 2 aliphatic rings. The lowest BCUT2D eigenvalue weighted by Crippen LogP contribution is -2.64. The molecule has 5 unspecified atom stereocenters. The highest BCUT2D eigenvalue weighted by molar-refractivity contribution is 7.47. The second-order valence-corrected chi connectivity index (χ2v) is 17.7. The number of ether oxygens (including phenoxy) is 3. The van der Waals surface area contributed by atoms with E-state index in [1.165, 1.54) is 19.3 Å². The third-order valence-corrected chi connectivity index (χ3v) is 11.6. The molecule has 1 saturated carbocycles. The fourth-order valence-corrected chi connectivity index (χ4v) is 7.76. The molecule has 15 heteroatoms. The van der Waals surface area contributed by atoms with Gasteiger partial charge in [-0.2, -0.15) is 0 Å². The molecule has 10 atom stereocenters. The van der Waals surface area contributed by atoms with Crippen molar-refractivity contribution in [3.05, 3.63) is 85.1 Å². The predicted molar refractivity (Wildman–Crippen MR) is 248 cm³/mol. The molecule has 1 aliphatic carbocycles. The Kier molecular flexibility index (Phi) is 31.4. The monoisotopic (exact) mass is 923 g/mol. The second kappa shape index (κ2) is 35.2. The van der Waals surface area contributed by atoms with E-state index in [-0.39, 0.29) is 12.8 Å². The van der Waals surface area contributed by atoms with Crippen molar-refractivity contribution in [2.45, 2.75) is 197 Å². The summed E-state index contributed by atoms with van der Waals surface area (Å²) in [7, 11) is -5.15. The van der Waals surface area contributed by atoms with E-state index in [9.17, 15) is 44.6 Å². The van der Waals surface area contributed by atoms with E-state index >= 15 is 0 Å². The van der Waals surface area contributed by atoms with Gasteiger partial charge in [0.25, 0.3) is 0 Å². The lowest BCUT2D eigenvalue weighted by Gasteiger charge is -2.41. The van der Waals surface area contributed by atoms with Crippen LogP contribution in [-0.4, -0.2) is 111 Å². The van der Waals surface area contributed by atoms with Crippen LogP contribution in [-0.2, 0) is 37.4 Å². The van der Waals surface area contributed by atoms with Crippen molar-refractivity contribution in [1.82, 2.24) is 0 Å². The van der Waals surface area contributed by atoms with Crippen LogP contribution in [0.3, 0.4) is 0 Å². The lowest BCUT2D eigenvalue weighted by molar-refractivity contribution is -0.220. The Hall–Kier alpha value is -3.01. The number of phosphoric ester groups is 1. The third kappa shape index (κ3) is 26.8. The van der Waals surface area contributed by atoms with Gasteiger partial charge in [-0.15, -0.1) is 0 Å². The number of phosphoric acid groups is 1. The van der Waals surface area contributed by atoms with Crippen molar-refractivity contribution in [3.8, 4) is 0 Å². The summed E-state index contributed by atoms with van der Waals surface area (Å²) >= 11 is 0. The van der Waals surface area contributed by atoms with Crippen LogP contribution in [0.15, 0.2) is 85.1 Å². The molecule has 64 heavy (non-hydrogen) atoms. The number of esters is 2. The molecule has 0 aromatic carbocycles. The van der Waals surface area contributed by atoms with Crippen molar-refractivity contribution < 1.29 is 67.8 Å². The van der Waals surface area contributed by atoms with Crippen molar-refractivity contribution in [2.24, 2.45) is 0 Å². The standard InChI is InChI=1S/C49H79O14P/c1-3-5-7-8-9-10-11-12-13-14-15-16-17-18-19-20-25-28-32-36-43(51)61-39(38-60-64(57,58)63-49-47(55)45(53)44(52)46(54)48(49)56)37-59-42(50)35-31-27-24-22-21-23-26-30-34-41-40(62-41)33-29-6-4-2/h5,7,9-10,12-13,15-16,18-19,25-26,28,30,39-41,44-49,52-56H,3-4,6,8,11,14,17,20-24,27,29,31-38H2,1-2H3,(H,57,58)/b7-5-,10-9-,13-12-,16-15-,19-18-,28-25-,30-26-/t39-,40?,41?,44?,45-,46+,47-,48-,49?/m1/s1. The van der Waals surface area contributed by atoms with E-state index in [1.807, 2.05) is 18.2 Å². The van der Waals surface area contributed by atoms with Gasteiger partial charge < -0.3 is 44.6 Å². The van der Waals surface area contributed by atoms with E-state index in [1.54, 1.807) is 0 Å². The van der Waals surface area contributed by atoms with Crippen LogP contribution >= 0.6 is 7.82 Å². The first-order valence-electron chi connectivity index (χ1n) is 23.5. The molecule has 0 bridgehead atoms. The molecule has 364 valence electrons. The Morgan fingerprint density at radius 3 is 1.70 bits per heavy atom. The van der Waals surface area contributed by atoms with E-state index in [0.29, 0.717) is 31.5 Å². The quantitative estimate of drug-likeness (QED) is 0.0115. The van der Waals surface area contributed by atoms with Gasteiger partial charge in [0.1, 0.15) is 43.2 Å². The predicted octanol–water partition coefficient (Wildman–Crippen LogP) is 8.26. The highest BCUT2D eigenvalue weighted by Crippen LogP contribution is 2.47. The van der Waals surface area contributed by atoms with Crippen LogP contribution in [0.1, 0.15) is 142 Å². The smallest absolute Gasteiger partial charge is 0.462 e. The van der Waals surface area contributed by atoms with Crippen LogP contribution < -0.4 is 0 Å². The van der Waals surface area contributed by atoms with E-state index in [0.717, 1.165) is 77.0 Å². The zero-order valence-electron chi connectivity index (χ0n) is 38.2. The number of carbonyl (C=O) groups excluding carboxylic acids is 2. The second-order valence-electron chi connectivity index (χ2n) is 16.3. The van der Waals surface area contributed by atoms with Gasteiger partial charge >= 0.3 is 19.8 Å². The van der Waals surface area contributed by atoms with Gasteiger partial charge in [-0.1, -0.05) is 137 Å². The van der Waals surface area contributed by atoms with Gasteiger partial charge in [0.2, 0.25) is 0 Å². The van der Waals surface area contributed by atoms with E-state index in [2.05, 4.69) is 80.7 Å². The number of carbonyl (C=O) groups is 2. The van der Waals surface area contributed by atoms with Gasteiger partial charge in [0, 0.05) is 12.8 Å². The Balaban J connectivity index is 1.74. The molecule has 0 aromatic rings. The average molecular weight is 923 g/mol. The van der Waals surface area contributed by atoms with Gasteiger partial charge in [0.05, 0.1) is 18.8 Å². The number of allylic oxidation sites excluding steroid dienone is 13. The summed E-state index contributed by atoms with van der Waals surface area (Å²) in [6, 6.07) is 0. The first-order chi connectivity index (χ1) is 30.9. The van der Waals surface area contributed by atoms with Crippen LogP contribution in [0.4, 0.5) is 0 Å². The first kappa shape index (κ1) is 57.1. The molecule has 0 aromatic heterocycles. The largest absolute Gasteiger partial charge is 0.472 e. The summed E-state index contributed by atoms with van der Waals surface area (Å²) in [6.07, 6.45) is 33.9. The number of hydrogen-bond donors (Lipinski definition) is 6. The number of epoxide rings is 1. The van der Waals surface area contributed by atoms with E-state index < -0.39 is 75.7 Å². The minimum atomic E-state index is -5.15. The molecule has 2 rings (SSSR count). The number of rotatable bonds is 36. The van der Waals surface area contributed by atoms with Gasteiger partial charge in [-0.05, 0) is 77.0 Å². The first-order valence-corrected chi connectivity index (χ1v) is 25.0. The summed E-state index contributed by atoms with van der Waals surface area (Å²) in [6.45, 7) is 3.06. The Morgan fingerprint density at radius 1 is 0.578 bits per heavy atom. The topological polar surface area (TPSA) is 222 Å². The Labute approximate surface area is 382 Å². The number of hydrogen-bond acceptors (Lipinski definition) is 13. The van der Waals surface area contributed by atoms with Crippen LogP contribution in [0.25, 0.3) is 0 Å². The minimum Gasteiger partial charge on any atom is -0.462 e. The summed E-state index contributed by atoms with van der Waals surface area (Å²) in [5.41, 5.74) is 0. The van der Waals surface area contributed by atoms with Crippen LogP contribution in [0, 0.1) is 0 Å². The maximum atomic E-state index is 12.8. The summed E-state index contributed by atoms with van der Waals surface area (Å²) in [4.78, 5) is 35.7. The highest BCUT2D eigenvalue weighted by atomic mass is 31.2. The summed E-state index contributed by atoms with van der Waals surface area (Å²) < 4.78 is 39.2. The fourth-order valence-electron chi connectivity index (χ4n) is 6.79. The zero-order valence-corrected chi connectivity index (χ0v) is 39.1. The molecule has 0 spiro atoms. The summed E-state index contributed by atoms with van der Waals surface area (Å²) in [5.74, 6) is -1.23. The fraction of sp³-hybridized carbons (Fsp3) is 0.673. The van der Waals surface area contributed by atoms with E-state index in [4.69, 9.17) is 23.3 Å². The highest BCUT2D eigenvalue weighted by Gasteiger charge is 2.51. The number of aliphatic hydroxyl groups is 5. The summed E-state index contributed by atoms with van der Waals surface area (Å²) in [5, 5.41) is 50.2. The molecule has 1 heterocycles. The third-order valence-electron chi connectivity index (χ3n) is 10.7. The van der Waals surface area contributed by atoms with Crippen molar-refractivity contribution in [2.75, 3.05) is 13.2 Å². The molecule has 1 saturated heterocycles. The van der Waals surface area contributed by atoms with Gasteiger partial charge in [0.15, 0.2) is 6.10 Å². The van der Waals surface area contributed by atoms with Gasteiger partial charge in [-0.25, -0.2) is 4.57 Å². The molecule has 0 amide bonds. The molecular weight excluding hydrogens is 843 g/mol. The Morgan fingerprint density at radius 2 is 1.11 bits per heavy atom. The molecule has 14 nitrogen and oxygen atoms in total. The zero-order chi connectivity index (χ0) is 46.8. The Bertz CT molecular complexity index is 1510. The normalized spacial score (nSPS) is 25.5. The van der Waals surface area contributed by atoms with Crippen molar-refractivity contribution in [3.63, 3.8) is 0 Å². The maximum absolute atomic E-state index is 12.8. The molecular formula is C49H79O14P. The lowest BCUT2D eigenvalue weighted by atomic mass is 9.85. The van der Waals surface area contributed by atoms with Crippen LogP contribution in [0.2, 0.25) is 0 Å².